The van der Waals surface area contributed by atoms with Gasteiger partial charge < -0.3 is 4.74 Å². The molecule has 0 aromatic heterocycles. The molecule has 0 amide bonds. The first-order chi connectivity index (χ1) is 8.79. The van der Waals surface area contributed by atoms with E-state index in [-0.39, 0.29) is 16.0 Å². The van der Waals surface area contributed by atoms with E-state index in [1.54, 1.807) is 0 Å². The molecule has 3 heteroatoms. The van der Waals surface area contributed by atoms with Gasteiger partial charge in [-0.15, -0.1) is 0 Å². The molecule has 0 bridgehead atoms. The number of rotatable bonds is 5. The molecule has 0 radical (unpaired) electrons. The van der Waals surface area contributed by atoms with Crippen LogP contribution < -0.4 is 0 Å². The molecule has 0 spiro atoms. The van der Waals surface area contributed by atoms with Gasteiger partial charge in [0.15, 0.2) is 5.60 Å². The first-order valence-electron chi connectivity index (χ1n) is 7.03. The summed E-state index contributed by atoms with van der Waals surface area (Å²) in [5.41, 5.74) is -0.876. The average Bonchev–Trinajstić information content (AvgIpc) is 2.61. The summed E-state index contributed by atoms with van der Waals surface area (Å²) in [4.78, 5) is 12.1. The van der Waals surface area contributed by atoms with Gasteiger partial charge in [-0.05, 0) is 24.8 Å². The van der Waals surface area contributed by atoms with E-state index >= 15 is 0 Å². The standard InChI is InChI=1S/C16H26O2S/c1-6-7-8-9-10-11-12-16(5)13(17)19-14(18-16)15(2,3)4/h9-12,14H,6-8H2,1-5H3/b10-9+,12-11+. The molecular weight excluding hydrogens is 256 g/mol. The Hall–Kier alpha value is -0.540. The number of carbonyl (C=O) groups excluding carboxylic acids is 1. The highest BCUT2D eigenvalue weighted by molar-refractivity contribution is 8.14. The van der Waals surface area contributed by atoms with Gasteiger partial charge in [-0.1, -0.05) is 70.5 Å². The van der Waals surface area contributed by atoms with E-state index in [2.05, 4.69) is 33.8 Å². The third-order valence-corrected chi connectivity index (χ3v) is 4.70. The largest absolute Gasteiger partial charge is 0.348 e. The summed E-state index contributed by atoms with van der Waals surface area (Å²) < 4.78 is 5.95. The Balaban J connectivity index is 2.59. The maximum Gasteiger partial charge on any atom is 0.227 e. The van der Waals surface area contributed by atoms with Crippen LogP contribution >= 0.6 is 11.8 Å². The first kappa shape index (κ1) is 16.5. The van der Waals surface area contributed by atoms with Gasteiger partial charge in [0.2, 0.25) is 5.12 Å². The first-order valence-corrected chi connectivity index (χ1v) is 7.91. The molecule has 0 aromatic rings. The molecule has 1 aliphatic heterocycles. The van der Waals surface area contributed by atoms with E-state index in [0.29, 0.717) is 0 Å². The van der Waals surface area contributed by atoms with Crippen molar-refractivity contribution >= 4 is 16.9 Å². The number of allylic oxidation sites excluding steroid dienone is 3. The van der Waals surface area contributed by atoms with Gasteiger partial charge >= 0.3 is 0 Å². The van der Waals surface area contributed by atoms with Gasteiger partial charge in [0.1, 0.15) is 5.44 Å². The van der Waals surface area contributed by atoms with Crippen LogP contribution in [0.5, 0.6) is 0 Å². The van der Waals surface area contributed by atoms with Crippen LogP contribution in [-0.4, -0.2) is 16.2 Å². The molecule has 1 aliphatic rings. The van der Waals surface area contributed by atoms with Crippen LogP contribution in [0.4, 0.5) is 0 Å². The van der Waals surface area contributed by atoms with Gasteiger partial charge in [-0.2, -0.15) is 0 Å². The maximum atomic E-state index is 12.1. The van der Waals surface area contributed by atoms with Crippen molar-refractivity contribution in [2.45, 2.75) is 64.9 Å². The minimum Gasteiger partial charge on any atom is -0.348 e. The van der Waals surface area contributed by atoms with Gasteiger partial charge in [0, 0.05) is 0 Å². The highest BCUT2D eigenvalue weighted by atomic mass is 32.2. The Morgan fingerprint density at radius 1 is 1.37 bits per heavy atom. The van der Waals surface area contributed by atoms with E-state index in [4.69, 9.17) is 4.74 Å². The Kier molecular flexibility index (Phi) is 5.87. The lowest BCUT2D eigenvalue weighted by Gasteiger charge is -2.27. The molecule has 1 heterocycles. The molecule has 0 aliphatic carbocycles. The van der Waals surface area contributed by atoms with Crippen molar-refractivity contribution in [1.82, 2.24) is 0 Å². The number of thioether (sulfide) groups is 1. The van der Waals surface area contributed by atoms with E-state index < -0.39 is 5.60 Å². The van der Waals surface area contributed by atoms with E-state index in [1.165, 1.54) is 24.6 Å². The van der Waals surface area contributed by atoms with Crippen molar-refractivity contribution in [3.8, 4) is 0 Å². The summed E-state index contributed by atoms with van der Waals surface area (Å²) in [6.45, 7) is 10.3. The lowest BCUT2D eigenvalue weighted by Crippen LogP contribution is -2.32. The van der Waals surface area contributed by atoms with E-state index in [0.717, 1.165) is 6.42 Å². The smallest absolute Gasteiger partial charge is 0.227 e. The Morgan fingerprint density at radius 3 is 2.58 bits per heavy atom. The van der Waals surface area contributed by atoms with Gasteiger partial charge in [0.05, 0.1) is 0 Å². The topological polar surface area (TPSA) is 26.3 Å². The second-order valence-corrected chi connectivity index (χ2v) is 7.29. The van der Waals surface area contributed by atoms with Crippen LogP contribution in [0.25, 0.3) is 0 Å². The molecule has 1 rings (SSSR count). The maximum absolute atomic E-state index is 12.1. The summed E-state index contributed by atoms with van der Waals surface area (Å²) in [5.74, 6) is 0. The zero-order chi connectivity index (χ0) is 14.5. The summed E-state index contributed by atoms with van der Waals surface area (Å²) in [6, 6.07) is 0. The quantitative estimate of drug-likeness (QED) is 0.539. The number of ether oxygens (including phenoxy) is 1. The molecule has 108 valence electrons. The lowest BCUT2D eigenvalue weighted by atomic mass is 9.97. The molecule has 0 N–H and O–H groups in total. The summed E-state index contributed by atoms with van der Waals surface area (Å²) >= 11 is 1.31. The van der Waals surface area contributed by atoms with Crippen LogP contribution in [0.2, 0.25) is 0 Å². The third kappa shape index (κ3) is 4.81. The predicted octanol–water partition coefficient (Wildman–Crippen LogP) is 4.71. The Bertz CT molecular complexity index is 365. The molecule has 0 saturated carbocycles. The third-order valence-electron chi connectivity index (χ3n) is 3.06. The average molecular weight is 282 g/mol. The number of hydrogen-bond acceptors (Lipinski definition) is 3. The fourth-order valence-electron chi connectivity index (χ4n) is 1.71. The fraction of sp³-hybridized carbons (Fsp3) is 0.688. The van der Waals surface area contributed by atoms with Gasteiger partial charge in [0.25, 0.3) is 0 Å². The summed E-state index contributed by atoms with van der Waals surface area (Å²) in [6.07, 6.45) is 11.4. The minimum absolute atomic E-state index is 0.0249. The van der Waals surface area contributed by atoms with Crippen molar-refractivity contribution in [1.29, 1.82) is 0 Å². The number of carbonyl (C=O) groups is 1. The van der Waals surface area contributed by atoms with Gasteiger partial charge in [-0.25, -0.2) is 0 Å². The molecular formula is C16H26O2S. The monoisotopic (exact) mass is 282 g/mol. The van der Waals surface area contributed by atoms with E-state index in [9.17, 15) is 4.79 Å². The molecule has 2 atom stereocenters. The molecule has 2 nitrogen and oxygen atoms in total. The minimum atomic E-state index is -0.780. The second-order valence-electron chi connectivity index (χ2n) is 6.26. The zero-order valence-electron chi connectivity index (χ0n) is 12.7. The zero-order valence-corrected chi connectivity index (χ0v) is 13.5. The molecule has 1 fully saturated rings. The summed E-state index contributed by atoms with van der Waals surface area (Å²) in [7, 11) is 0. The van der Waals surface area contributed by atoms with Crippen LogP contribution in [0, 0.1) is 5.41 Å². The second kappa shape index (κ2) is 6.76. The Labute approximate surface area is 121 Å². The molecule has 19 heavy (non-hydrogen) atoms. The fourth-order valence-corrected chi connectivity index (χ4v) is 2.85. The lowest BCUT2D eigenvalue weighted by molar-refractivity contribution is -0.127. The van der Waals surface area contributed by atoms with Crippen LogP contribution in [0.15, 0.2) is 24.3 Å². The van der Waals surface area contributed by atoms with Crippen molar-refractivity contribution in [3.63, 3.8) is 0 Å². The number of unbranched alkanes of at least 4 members (excludes halogenated alkanes) is 2. The number of hydrogen-bond donors (Lipinski definition) is 0. The van der Waals surface area contributed by atoms with E-state index in [1.807, 2.05) is 25.2 Å². The SMILES string of the molecule is CCCC/C=C/C=C/C1(C)OC(C(C)(C)C)SC1=O. The van der Waals surface area contributed by atoms with Crippen molar-refractivity contribution in [2.75, 3.05) is 0 Å². The van der Waals surface area contributed by atoms with Crippen LogP contribution in [0.3, 0.4) is 0 Å². The highest BCUT2D eigenvalue weighted by Gasteiger charge is 2.47. The highest BCUT2D eigenvalue weighted by Crippen LogP contribution is 2.44. The van der Waals surface area contributed by atoms with Crippen LogP contribution in [0.1, 0.15) is 53.9 Å². The normalized spacial score (nSPS) is 28.9. The van der Waals surface area contributed by atoms with Crippen molar-refractivity contribution in [2.24, 2.45) is 5.41 Å². The van der Waals surface area contributed by atoms with Crippen LogP contribution in [-0.2, 0) is 9.53 Å². The molecule has 0 aromatic carbocycles. The predicted molar refractivity (Wildman–Crippen MR) is 83.1 cm³/mol. The van der Waals surface area contributed by atoms with Crippen molar-refractivity contribution < 1.29 is 9.53 Å². The van der Waals surface area contributed by atoms with Crippen molar-refractivity contribution in [3.05, 3.63) is 24.3 Å². The molecule has 2 unspecified atom stereocenters. The molecule has 1 saturated heterocycles. The Morgan fingerprint density at radius 2 is 2.05 bits per heavy atom. The summed E-state index contributed by atoms with van der Waals surface area (Å²) in [5, 5.41) is 0.102. The van der Waals surface area contributed by atoms with Gasteiger partial charge in [-0.3, -0.25) is 4.79 Å².